The van der Waals surface area contributed by atoms with Crippen molar-refractivity contribution < 1.29 is 23.7 Å². The number of carbonyl (C=O) groups is 1. The van der Waals surface area contributed by atoms with E-state index in [1.54, 1.807) is 0 Å². The Bertz CT molecular complexity index is 772. The van der Waals surface area contributed by atoms with E-state index in [2.05, 4.69) is 30.3 Å². The number of aryl methyl sites for hydroxylation is 1. The summed E-state index contributed by atoms with van der Waals surface area (Å²) in [5.41, 5.74) is 3.42. The van der Waals surface area contributed by atoms with Gasteiger partial charge in [-0.3, -0.25) is 0 Å². The molecule has 2 aromatic carbocycles. The molecule has 168 valence electrons. The third-order valence-corrected chi connectivity index (χ3v) is 4.64. The molecule has 0 aromatic heterocycles. The van der Waals surface area contributed by atoms with Crippen molar-refractivity contribution in [1.82, 2.24) is 0 Å². The first kappa shape index (κ1) is 24.6. The van der Waals surface area contributed by atoms with Crippen LogP contribution in [0.1, 0.15) is 56.2 Å². The maximum atomic E-state index is 10.4. The fourth-order valence-electron chi connectivity index (χ4n) is 3.02. The fourth-order valence-corrected chi connectivity index (χ4v) is 3.02. The van der Waals surface area contributed by atoms with E-state index in [0.717, 1.165) is 43.1 Å². The van der Waals surface area contributed by atoms with Gasteiger partial charge in [0.25, 0.3) is 0 Å². The van der Waals surface area contributed by atoms with E-state index in [9.17, 15) is 4.79 Å². The molecule has 0 heterocycles. The quantitative estimate of drug-likeness (QED) is 0.145. The van der Waals surface area contributed by atoms with Gasteiger partial charge < -0.3 is 23.7 Å². The molecule has 0 saturated carbocycles. The van der Waals surface area contributed by atoms with Crippen LogP contribution in [0.4, 0.5) is 0 Å². The van der Waals surface area contributed by atoms with Crippen LogP contribution in [0.5, 0.6) is 11.5 Å². The van der Waals surface area contributed by atoms with Gasteiger partial charge in [0.2, 0.25) is 0 Å². The molecular formula is C26H34O5. The van der Waals surface area contributed by atoms with E-state index < -0.39 is 0 Å². The van der Waals surface area contributed by atoms with Gasteiger partial charge in [0.05, 0.1) is 0 Å². The molecule has 0 amide bonds. The van der Waals surface area contributed by atoms with Crippen LogP contribution in [0, 0.1) is 0 Å². The molecule has 2 aromatic rings. The lowest BCUT2D eigenvalue weighted by molar-refractivity contribution is -0.107. The molecule has 0 atom stereocenters. The van der Waals surface area contributed by atoms with Crippen LogP contribution < -0.4 is 9.47 Å². The van der Waals surface area contributed by atoms with E-state index in [1.165, 1.54) is 5.56 Å². The van der Waals surface area contributed by atoms with Gasteiger partial charge in [-0.2, -0.15) is 0 Å². The predicted molar refractivity (Wildman–Crippen MR) is 124 cm³/mol. The standard InChI is InChI=1S/C26H34O5/c1-3-28-20-30-25-17-24(18-26(19-25)31-21-29-4-2)14-13-23-12-9-11-22(16-23)10-7-5-6-8-15-27/h9,11-19H,3-8,10,20-21H2,1-2H3. The van der Waals surface area contributed by atoms with E-state index in [0.29, 0.717) is 31.1 Å². The fraction of sp³-hybridized carbons (Fsp3) is 0.423. The molecule has 0 radical (unpaired) electrons. The molecule has 31 heavy (non-hydrogen) atoms. The maximum Gasteiger partial charge on any atom is 0.189 e. The van der Waals surface area contributed by atoms with Crippen molar-refractivity contribution in [2.24, 2.45) is 0 Å². The van der Waals surface area contributed by atoms with Crippen molar-refractivity contribution >= 4 is 18.4 Å². The van der Waals surface area contributed by atoms with E-state index >= 15 is 0 Å². The van der Waals surface area contributed by atoms with Gasteiger partial charge in [-0.1, -0.05) is 42.8 Å². The molecule has 0 saturated heterocycles. The van der Waals surface area contributed by atoms with Crippen LogP contribution in [-0.2, 0) is 20.7 Å². The Hall–Kier alpha value is -2.63. The largest absolute Gasteiger partial charge is 0.467 e. The third-order valence-electron chi connectivity index (χ3n) is 4.64. The van der Waals surface area contributed by atoms with Crippen molar-refractivity contribution in [3.05, 3.63) is 59.2 Å². The lowest BCUT2D eigenvalue weighted by Crippen LogP contribution is -2.04. The van der Waals surface area contributed by atoms with Crippen LogP contribution in [-0.4, -0.2) is 33.1 Å². The number of benzene rings is 2. The number of rotatable bonds is 16. The highest BCUT2D eigenvalue weighted by Crippen LogP contribution is 2.25. The predicted octanol–water partition coefficient (Wildman–Crippen LogP) is 5.90. The molecule has 0 bridgehead atoms. The van der Waals surface area contributed by atoms with Crippen LogP contribution >= 0.6 is 0 Å². The molecule has 0 aliphatic rings. The summed E-state index contributed by atoms with van der Waals surface area (Å²) < 4.78 is 21.9. The van der Waals surface area contributed by atoms with Crippen molar-refractivity contribution in [3.63, 3.8) is 0 Å². The summed E-state index contributed by atoms with van der Waals surface area (Å²) in [6.45, 7) is 5.45. The Labute approximate surface area is 186 Å². The molecule has 0 unspecified atom stereocenters. The summed E-state index contributed by atoms with van der Waals surface area (Å²) in [6.07, 6.45) is 9.96. The highest BCUT2D eigenvalue weighted by molar-refractivity contribution is 5.71. The Balaban J connectivity index is 2.04. The highest BCUT2D eigenvalue weighted by Gasteiger charge is 2.03. The first-order valence-electron chi connectivity index (χ1n) is 11.0. The van der Waals surface area contributed by atoms with Gasteiger partial charge in [0.1, 0.15) is 17.8 Å². The van der Waals surface area contributed by atoms with E-state index in [-0.39, 0.29) is 13.6 Å². The molecule has 0 aliphatic heterocycles. The van der Waals surface area contributed by atoms with E-state index in [4.69, 9.17) is 18.9 Å². The van der Waals surface area contributed by atoms with Gasteiger partial charge in [-0.25, -0.2) is 0 Å². The topological polar surface area (TPSA) is 54.0 Å². The Morgan fingerprint density at radius 1 is 0.774 bits per heavy atom. The summed E-state index contributed by atoms with van der Waals surface area (Å²) in [5.74, 6) is 1.37. The van der Waals surface area contributed by atoms with Crippen LogP contribution in [0.2, 0.25) is 0 Å². The Morgan fingerprint density at radius 2 is 1.45 bits per heavy atom. The number of carbonyl (C=O) groups excluding carboxylic acids is 1. The normalized spacial score (nSPS) is 11.0. The first-order valence-corrected chi connectivity index (χ1v) is 11.0. The van der Waals surface area contributed by atoms with Crippen LogP contribution in [0.15, 0.2) is 42.5 Å². The summed E-state index contributed by atoms with van der Waals surface area (Å²) >= 11 is 0. The van der Waals surface area contributed by atoms with Gasteiger partial charge in [-0.15, -0.1) is 0 Å². The first-order chi connectivity index (χ1) is 15.2. The minimum Gasteiger partial charge on any atom is -0.467 e. The second kappa shape index (κ2) is 15.2. The molecule has 0 fully saturated rings. The summed E-state index contributed by atoms with van der Waals surface area (Å²) in [5, 5.41) is 0. The number of ether oxygens (including phenoxy) is 4. The number of aldehydes is 1. The van der Waals surface area contributed by atoms with Gasteiger partial charge >= 0.3 is 0 Å². The van der Waals surface area contributed by atoms with Crippen molar-refractivity contribution in [2.75, 3.05) is 26.8 Å². The van der Waals surface area contributed by atoms with Gasteiger partial charge in [0, 0.05) is 25.7 Å². The zero-order valence-corrected chi connectivity index (χ0v) is 18.7. The van der Waals surface area contributed by atoms with Crippen LogP contribution in [0.3, 0.4) is 0 Å². The van der Waals surface area contributed by atoms with Crippen molar-refractivity contribution in [3.8, 4) is 11.5 Å². The maximum absolute atomic E-state index is 10.4. The van der Waals surface area contributed by atoms with Gasteiger partial charge in [0.15, 0.2) is 13.6 Å². The van der Waals surface area contributed by atoms with Crippen molar-refractivity contribution in [2.45, 2.75) is 46.0 Å². The highest BCUT2D eigenvalue weighted by atomic mass is 16.7. The second-order valence-electron chi connectivity index (χ2n) is 7.09. The Morgan fingerprint density at radius 3 is 2.10 bits per heavy atom. The molecule has 5 nitrogen and oxygen atoms in total. The van der Waals surface area contributed by atoms with E-state index in [1.807, 2.05) is 38.1 Å². The number of hydrogen-bond donors (Lipinski definition) is 0. The third kappa shape index (κ3) is 10.3. The average Bonchev–Trinajstić information content (AvgIpc) is 2.78. The molecule has 2 rings (SSSR count). The average molecular weight is 427 g/mol. The lowest BCUT2D eigenvalue weighted by atomic mass is 10.0. The monoisotopic (exact) mass is 426 g/mol. The summed E-state index contributed by atoms with van der Waals surface area (Å²) in [6, 6.07) is 14.3. The van der Waals surface area contributed by atoms with Gasteiger partial charge in [-0.05, 0) is 61.9 Å². The molecule has 0 N–H and O–H groups in total. The zero-order chi connectivity index (χ0) is 22.2. The smallest absolute Gasteiger partial charge is 0.189 e. The Kier molecular flexibility index (Phi) is 12.1. The summed E-state index contributed by atoms with van der Waals surface area (Å²) in [4.78, 5) is 10.4. The minimum absolute atomic E-state index is 0.198. The molecule has 5 heteroatoms. The number of hydrogen-bond acceptors (Lipinski definition) is 5. The lowest BCUT2D eigenvalue weighted by Gasteiger charge is -2.11. The number of unbranched alkanes of at least 4 members (excludes halogenated alkanes) is 3. The van der Waals surface area contributed by atoms with Crippen molar-refractivity contribution in [1.29, 1.82) is 0 Å². The molecule has 0 aliphatic carbocycles. The summed E-state index contributed by atoms with van der Waals surface area (Å²) in [7, 11) is 0. The second-order valence-corrected chi connectivity index (χ2v) is 7.09. The minimum atomic E-state index is 0.198. The molecule has 0 spiro atoms. The zero-order valence-electron chi connectivity index (χ0n) is 18.7. The molecular weight excluding hydrogens is 392 g/mol. The SMILES string of the molecule is CCOCOc1cc(C=Cc2cccc(CCCCCC=O)c2)cc(OCOCC)c1. The van der Waals surface area contributed by atoms with Crippen LogP contribution in [0.25, 0.3) is 12.2 Å².